The number of hydrogen-bond acceptors (Lipinski definition) is 4. The van der Waals surface area contributed by atoms with Crippen molar-refractivity contribution in [1.29, 1.82) is 0 Å². The Kier molecular flexibility index (Phi) is 5.40. The minimum Gasteiger partial charge on any atom is -0.489 e. The van der Waals surface area contributed by atoms with Crippen LogP contribution in [0.2, 0.25) is 0 Å². The fourth-order valence-corrected chi connectivity index (χ4v) is 2.32. The molecule has 23 heavy (non-hydrogen) atoms. The first kappa shape index (κ1) is 15.3. The quantitative estimate of drug-likeness (QED) is 0.749. The molecule has 118 valence electrons. The number of para-hydroxylation sites is 2. The van der Waals surface area contributed by atoms with Crippen molar-refractivity contribution in [3.8, 4) is 11.5 Å². The summed E-state index contributed by atoms with van der Waals surface area (Å²) in [5.74, 6) is 1.67. The second-order valence-electron chi connectivity index (χ2n) is 5.20. The molecule has 0 spiro atoms. The lowest BCUT2D eigenvalue weighted by Gasteiger charge is -2.11. The average molecular weight is 308 g/mol. The Balaban J connectivity index is 1.77. The highest BCUT2D eigenvalue weighted by Crippen LogP contribution is 2.18. The third-order valence-corrected chi connectivity index (χ3v) is 3.47. The van der Waals surface area contributed by atoms with Crippen LogP contribution in [0.3, 0.4) is 0 Å². The maximum absolute atomic E-state index is 5.83. The molecule has 0 aliphatic carbocycles. The van der Waals surface area contributed by atoms with E-state index in [1.165, 1.54) is 0 Å². The van der Waals surface area contributed by atoms with Gasteiger partial charge in [0, 0.05) is 36.6 Å². The van der Waals surface area contributed by atoms with Gasteiger partial charge < -0.3 is 9.47 Å². The summed E-state index contributed by atoms with van der Waals surface area (Å²) in [6.45, 7) is 2.47. The Labute approximate surface area is 136 Å². The van der Waals surface area contributed by atoms with Gasteiger partial charge in [0.2, 0.25) is 0 Å². The summed E-state index contributed by atoms with van der Waals surface area (Å²) in [6.07, 6.45) is 4.65. The van der Waals surface area contributed by atoms with Crippen molar-refractivity contribution in [2.75, 3.05) is 26.3 Å². The SMILES string of the molecule is C1=NCCCN=Cc2ccccc2OCCOc2ccccc21. The molecule has 4 heteroatoms. The van der Waals surface area contributed by atoms with Crippen molar-refractivity contribution in [1.82, 2.24) is 0 Å². The lowest BCUT2D eigenvalue weighted by Crippen LogP contribution is -2.10. The molecule has 0 fully saturated rings. The van der Waals surface area contributed by atoms with Crippen LogP contribution in [0.4, 0.5) is 0 Å². The van der Waals surface area contributed by atoms with E-state index in [9.17, 15) is 0 Å². The number of aliphatic imine (C=N–C) groups is 2. The van der Waals surface area contributed by atoms with Gasteiger partial charge >= 0.3 is 0 Å². The molecule has 2 aromatic carbocycles. The summed E-state index contributed by atoms with van der Waals surface area (Å²) < 4.78 is 11.7. The van der Waals surface area contributed by atoms with Crippen molar-refractivity contribution in [2.24, 2.45) is 9.98 Å². The highest BCUT2D eigenvalue weighted by atomic mass is 16.5. The summed E-state index contributed by atoms with van der Waals surface area (Å²) in [5, 5.41) is 0. The first-order valence-corrected chi connectivity index (χ1v) is 7.87. The van der Waals surface area contributed by atoms with E-state index in [-0.39, 0.29) is 0 Å². The third-order valence-electron chi connectivity index (χ3n) is 3.47. The maximum atomic E-state index is 5.83. The molecular formula is C19H20N2O2. The average Bonchev–Trinajstić information content (AvgIpc) is 2.60. The molecule has 1 aliphatic rings. The van der Waals surface area contributed by atoms with Gasteiger partial charge in [-0.3, -0.25) is 9.98 Å². The molecule has 4 nitrogen and oxygen atoms in total. The summed E-state index contributed by atoms with van der Waals surface area (Å²) in [7, 11) is 0. The molecule has 0 saturated heterocycles. The molecule has 0 bridgehead atoms. The van der Waals surface area contributed by atoms with Gasteiger partial charge in [-0.25, -0.2) is 0 Å². The topological polar surface area (TPSA) is 43.2 Å². The number of fused-ring (bicyclic) bond motifs is 2. The molecule has 0 saturated carbocycles. The van der Waals surface area contributed by atoms with Crippen LogP contribution in [0, 0.1) is 0 Å². The molecule has 0 N–H and O–H groups in total. The lowest BCUT2D eigenvalue weighted by atomic mass is 10.2. The number of ether oxygens (including phenoxy) is 2. The summed E-state index contributed by atoms with van der Waals surface area (Å²) in [5.41, 5.74) is 1.98. The van der Waals surface area contributed by atoms with E-state index in [0.29, 0.717) is 13.2 Å². The zero-order valence-corrected chi connectivity index (χ0v) is 13.0. The first-order valence-electron chi connectivity index (χ1n) is 7.87. The van der Waals surface area contributed by atoms with E-state index in [2.05, 4.69) is 9.98 Å². The van der Waals surface area contributed by atoms with Crippen LogP contribution in [-0.2, 0) is 0 Å². The van der Waals surface area contributed by atoms with E-state index in [0.717, 1.165) is 42.1 Å². The zero-order valence-electron chi connectivity index (χ0n) is 13.0. The fourth-order valence-electron chi connectivity index (χ4n) is 2.32. The van der Waals surface area contributed by atoms with E-state index in [1.54, 1.807) is 0 Å². The molecule has 0 amide bonds. The van der Waals surface area contributed by atoms with Crippen molar-refractivity contribution < 1.29 is 9.47 Å². The number of rotatable bonds is 0. The molecule has 0 radical (unpaired) electrons. The first-order chi connectivity index (χ1) is 11.4. The monoisotopic (exact) mass is 308 g/mol. The second kappa shape index (κ2) is 8.13. The Hall–Kier alpha value is -2.62. The van der Waals surface area contributed by atoms with Crippen molar-refractivity contribution >= 4 is 12.4 Å². The molecule has 1 heterocycles. The predicted octanol–water partition coefficient (Wildman–Crippen LogP) is 3.39. The normalized spacial score (nSPS) is 15.3. The van der Waals surface area contributed by atoms with Crippen molar-refractivity contribution in [3.05, 3.63) is 59.7 Å². The van der Waals surface area contributed by atoms with Gasteiger partial charge in [-0.2, -0.15) is 0 Å². The van der Waals surface area contributed by atoms with Crippen LogP contribution in [0.15, 0.2) is 58.5 Å². The number of benzene rings is 2. The van der Waals surface area contributed by atoms with E-state index in [1.807, 2.05) is 61.0 Å². The Morgan fingerprint density at radius 3 is 1.65 bits per heavy atom. The van der Waals surface area contributed by atoms with Gasteiger partial charge in [0.15, 0.2) is 0 Å². The molecule has 0 atom stereocenters. The molecule has 3 rings (SSSR count). The number of nitrogens with zero attached hydrogens (tertiary/aromatic N) is 2. The van der Waals surface area contributed by atoms with Crippen LogP contribution >= 0.6 is 0 Å². The summed E-state index contributed by atoms with van der Waals surface area (Å²) in [4.78, 5) is 8.92. The van der Waals surface area contributed by atoms with Crippen molar-refractivity contribution in [3.63, 3.8) is 0 Å². The smallest absolute Gasteiger partial charge is 0.128 e. The molecule has 0 aromatic heterocycles. The Morgan fingerprint density at radius 2 is 1.13 bits per heavy atom. The summed E-state index contributed by atoms with van der Waals surface area (Å²) in [6, 6.07) is 15.8. The van der Waals surface area contributed by atoms with Gasteiger partial charge in [0.25, 0.3) is 0 Å². The predicted molar refractivity (Wildman–Crippen MR) is 93.4 cm³/mol. The minimum atomic E-state index is 0.482. The van der Waals surface area contributed by atoms with Gasteiger partial charge in [-0.15, -0.1) is 0 Å². The summed E-state index contributed by atoms with van der Waals surface area (Å²) >= 11 is 0. The minimum absolute atomic E-state index is 0.482. The molecular weight excluding hydrogens is 288 g/mol. The highest BCUT2D eigenvalue weighted by Gasteiger charge is 2.03. The van der Waals surface area contributed by atoms with Crippen LogP contribution in [0.1, 0.15) is 17.5 Å². The highest BCUT2D eigenvalue weighted by molar-refractivity contribution is 5.84. The van der Waals surface area contributed by atoms with E-state index in [4.69, 9.17) is 9.47 Å². The standard InChI is InChI=1S/C19H20N2O2/c1-3-8-18-16(6-1)14-20-10-5-11-21-15-17-7-2-4-9-19(17)23-13-12-22-18/h1-4,6-9,14-15H,5,10-13H2. The van der Waals surface area contributed by atoms with E-state index >= 15 is 0 Å². The molecule has 2 aromatic rings. The second-order valence-corrected chi connectivity index (χ2v) is 5.20. The third kappa shape index (κ3) is 4.42. The largest absolute Gasteiger partial charge is 0.489 e. The number of hydrogen-bond donors (Lipinski definition) is 0. The fraction of sp³-hybridized carbons (Fsp3) is 0.263. The van der Waals surface area contributed by atoms with Gasteiger partial charge in [0.1, 0.15) is 24.7 Å². The van der Waals surface area contributed by atoms with Gasteiger partial charge in [0.05, 0.1) is 0 Å². The Bertz CT molecular complexity index is 636. The van der Waals surface area contributed by atoms with Crippen molar-refractivity contribution in [2.45, 2.75) is 6.42 Å². The van der Waals surface area contributed by atoms with Crippen LogP contribution in [0.25, 0.3) is 0 Å². The van der Waals surface area contributed by atoms with Gasteiger partial charge in [-0.1, -0.05) is 24.3 Å². The van der Waals surface area contributed by atoms with Crippen LogP contribution < -0.4 is 9.47 Å². The molecule has 0 unspecified atom stereocenters. The van der Waals surface area contributed by atoms with E-state index < -0.39 is 0 Å². The molecule has 1 aliphatic heterocycles. The zero-order chi connectivity index (χ0) is 15.7. The Morgan fingerprint density at radius 1 is 0.652 bits per heavy atom. The maximum Gasteiger partial charge on any atom is 0.128 e. The lowest BCUT2D eigenvalue weighted by molar-refractivity contribution is 0.217. The van der Waals surface area contributed by atoms with Crippen LogP contribution in [-0.4, -0.2) is 38.7 Å². The van der Waals surface area contributed by atoms with Gasteiger partial charge in [-0.05, 0) is 30.7 Å². The van der Waals surface area contributed by atoms with Crippen LogP contribution in [0.5, 0.6) is 11.5 Å².